The zero-order valence-electron chi connectivity index (χ0n) is 7.37. The zero-order valence-corrected chi connectivity index (χ0v) is 9.97. The molecule has 0 aliphatic rings. The van der Waals surface area contributed by atoms with Gasteiger partial charge in [0.1, 0.15) is 0 Å². The van der Waals surface area contributed by atoms with E-state index in [-0.39, 0.29) is 0 Å². The number of phosphoric acid groups is 2. The molecule has 0 atom stereocenters. The maximum atomic E-state index is 8.88. The van der Waals surface area contributed by atoms with Crippen LogP contribution in [0.1, 0.15) is 6.92 Å². The zero-order chi connectivity index (χ0) is 13.1. The summed E-state index contributed by atoms with van der Waals surface area (Å²) < 4.78 is 21.4. The Hall–Kier alpha value is 0.490. The average molecular weight is 290 g/mol. The van der Waals surface area contributed by atoms with E-state index in [1.807, 2.05) is 6.92 Å². The molecule has 0 fully saturated rings. The Bertz CT molecular complexity index is 167. The summed E-state index contributed by atoms with van der Waals surface area (Å²) in [5.74, 6) is 0.788. The first-order chi connectivity index (χ1) is 6.41. The van der Waals surface area contributed by atoms with E-state index in [9.17, 15) is 0 Å². The lowest BCUT2D eigenvalue weighted by Crippen LogP contribution is -1.66. The molecule has 96 valence electrons. The molecule has 0 heterocycles. The minimum absolute atomic E-state index is 0.788. The summed E-state index contributed by atoms with van der Waals surface area (Å²) in [6.45, 7) is 1.89. The molecule has 0 aromatic rings. The Morgan fingerprint density at radius 3 is 1.20 bits per heavy atom. The van der Waals surface area contributed by atoms with Crippen molar-refractivity contribution in [3.05, 3.63) is 0 Å². The van der Waals surface area contributed by atoms with Gasteiger partial charge in [-0.25, -0.2) is 14.4 Å². The van der Waals surface area contributed by atoms with Gasteiger partial charge in [-0.1, -0.05) is 6.92 Å². The molecular weight excluding hydrogens is 278 g/mol. The van der Waals surface area contributed by atoms with Crippen LogP contribution in [0, 0.1) is 0 Å². The monoisotopic (exact) mass is 290 g/mol. The summed E-state index contributed by atoms with van der Waals surface area (Å²) in [6.07, 6.45) is 0. The molecule has 15 heavy (non-hydrogen) atoms. The fourth-order valence-corrected chi connectivity index (χ4v) is 0.158. The van der Waals surface area contributed by atoms with E-state index in [0.717, 1.165) is 17.8 Å². The van der Waals surface area contributed by atoms with Crippen molar-refractivity contribution in [3.63, 3.8) is 0 Å². The fraction of sp³-hybridized carbons (Fsp3) is 1.00. The van der Waals surface area contributed by atoms with Crippen molar-refractivity contribution in [1.82, 2.24) is 0 Å². The van der Waals surface area contributed by atoms with Crippen LogP contribution < -0.4 is 0 Å². The Kier molecular flexibility index (Phi) is 15.3. The normalized spacial score (nSPS) is 10.7. The van der Waals surface area contributed by atoms with Gasteiger partial charge in [0.2, 0.25) is 0 Å². The quantitative estimate of drug-likeness (QED) is 0.147. The third-order valence-corrected chi connectivity index (χ3v) is 0.512. The van der Waals surface area contributed by atoms with Gasteiger partial charge in [-0.15, -0.1) is 0 Å². The van der Waals surface area contributed by atoms with E-state index in [4.69, 9.17) is 43.7 Å². The molecule has 0 bridgehead atoms. The highest BCUT2D eigenvalue weighted by Gasteiger charge is 2.00. The van der Waals surface area contributed by atoms with Gasteiger partial charge in [-0.2, -0.15) is 4.33 Å². The number of rotatable bonds is 2. The topological polar surface area (TPSA) is 185 Å². The lowest BCUT2D eigenvalue weighted by molar-refractivity contribution is -0.116. The summed E-state index contributed by atoms with van der Waals surface area (Å²) >= 11 is 1.02. The Labute approximate surface area is 89.1 Å². The van der Waals surface area contributed by atoms with Gasteiger partial charge in [-0.05, 0) is 0 Å². The van der Waals surface area contributed by atoms with Crippen molar-refractivity contribution in [1.29, 1.82) is 0 Å². The van der Waals surface area contributed by atoms with Gasteiger partial charge in [0.05, 0.1) is 0 Å². The molecule has 0 aliphatic carbocycles. The summed E-state index contributed by atoms with van der Waals surface area (Å²) in [7, 11) is -9.28. The predicted molar refractivity (Wildman–Crippen MR) is 50.4 cm³/mol. The second-order valence-corrected chi connectivity index (χ2v) is 4.52. The Balaban J connectivity index is -0.000000144. The van der Waals surface area contributed by atoms with Crippen molar-refractivity contribution in [2.75, 3.05) is 5.75 Å². The summed E-state index contributed by atoms with van der Waals surface area (Å²) in [4.78, 5) is 43.1. The van der Waals surface area contributed by atoms with Crippen LogP contribution in [0.15, 0.2) is 0 Å². The van der Waals surface area contributed by atoms with Crippen LogP contribution in [0.2, 0.25) is 0 Å². The van der Waals surface area contributed by atoms with E-state index in [0.29, 0.717) is 0 Å². The third kappa shape index (κ3) is 365. The lowest BCUT2D eigenvalue weighted by Gasteiger charge is -1.82. The standard InChI is InChI=1S/C2H6O2S.2H3O4P/c1-2-5-4-3;2*1-5(2,3)4/h3H,2H2,1H3;2*(H3,1,2,3,4). The molecule has 10 nitrogen and oxygen atoms in total. The average Bonchev–Trinajstić information content (AvgIpc) is 1.80. The molecule has 0 aromatic heterocycles. The van der Waals surface area contributed by atoms with Crippen LogP contribution in [0.3, 0.4) is 0 Å². The lowest BCUT2D eigenvalue weighted by atomic mass is 11.0. The predicted octanol–water partition coefficient (Wildman–Crippen LogP) is -0.713. The second kappa shape index (κ2) is 11.0. The van der Waals surface area contributed by atoms with Crippen molar-refractivity contribution >= 4 is 27.7 Å². The molecule has 0 unspecified atom stereocenters. The van der Waals surface area contributed by atoms with E-state index < -0.39 is 15.6 Å². The van der Waals surface area contributed by atoms with Crippen LogP contribution in [0.5, 0.6) is 0 Å². The second-order valence-electron chi connectivity index (χ2n) is 1.51. The van der Waals surface area contributed by atoms with Crippen LogP contribution in [-0.4, -0.2) is 40.4 Å². The minimum Gasteiger partial charge on any atom is -0.303 e. The van der Waals surface area contributed by atoms with E-state index >= 15 is 0 Å². The molecule has 0 radical (unpaired) electrons. The maximum absolute atomic E-state index is 8.88. The molecule has 0 amide bonds. The van der Waals surface area contributed by atoms with Crippen molar-refractivity contribution in [2.24, 2.45) is 0 Å². The summed E-state index contributed by atoms with van der Waals surface area (Å²) in [6, 6.07) is 0. The molecule has 13 heteroatoms. The third-order valence-electron chi connectivity index (χ3n) is 0.171. The summed E-state index contributed by atoms with van der Waals surface area (Å²) in [5.41, 5.74) is 0. The first kappa shape index (κ1) is 20.8. The van der Waals surface area contributed by atoms with E-state index in [1.54, 1.807) is 0 Å². The van der Waals surface area contributed by atoms with Gasteiger partial charge in [0, 0.05) is 17.8 Å². The highest BCUT2D eigenvalue weighted by molar-refractivity contribution is 7.94. The molecule has 0 aliphatic heterocycles. The summed E-state index contributed by atoms with van der Waals surface area (Å²) in [5, 5.41) is 7.53. The smallest absolute Gasteiger partial charge is 0.303 e. The molecule has 7 N–H and O–H groups in total. The van der Waals surface area contributed by atoms with Crippen molar-refractivity contribution < 1.29 is 48.1 Å². The molecule has 0 rings (SSSR count). The highest BCUT2D eigenvalue weighted by Crippen LogP contribution is 2.26. The molecular formula is C2H12O10P2S. The maximum Gasteiger partial charge on any atom is 0.466 e. The van der Waals surface area contributed by atoms with Crippen molar-refractivity contribution in [3.8, 4) is 0 Å². The molecule has 0 saturated heterocycles. The Morgan fingerprint density at radius 2 is 1.20 bits per heavy atom. The van der Waals surface area contributed by atoms with Gasteiger partial charge in [0.25, 0.3) is 0 Å². The van der Waals surface area contributed by atoms with Gasteiger partial charge in [-0.3, -0.25) is 0 Å². The fourth-order valence-electron chi connectivity index (χ4n) is 0.0527. The van der Waals surface area contributed by atoms with Crippen LogP contribution in [-0.2, 0) is 13.5 Å². The minimum atomic E-state index is -4.64. The molecule has 0 aromatic carbocycles. The number of hydrogen-bond acceptors (Lipinski definition) is 5. The van der Waals surface area contributed by atoms with Gasteiger partial charge in [0.15, 0.2) is 0 Å². The first-order valence-corrected chi connectivity index (χ1v) is 6.95. The molecule has 0 spiro atoms. The number of hydrogen-bond donors (Lipinski definition) is 7. The van der Waals surface area contributed by atoms with Gasteiger partial charge < -0.3 is 29.4 Å². The molecule has 0 saturated carbocycles. The van der Waals surface area contributed by atoms with Crippen molar-refractivity contribution in [2.45, 2.75) is 6.92 Å². The largest absolute Gasteiger partial charge is 0.466 e. The van der Waals surface area contributed by atoms with Gasteiger partial charge >= 0.3 is 15.6 Å². The first-order valence-electron chi connectivity index (χ1n) is 2.91. The van der Waals surface area contributed by atoms with E-state index in [1.165, 1.54) is 0 Å². The van der Waals surface area contributed by atoms with E-state index in [2.05, 4.69) is 4.33 Å². The van der Waals surface area contributed by atoms with Crippen LogP contribution in [0.25, 0.3) is 0 Å². The SMILES string of the molecule is CCSOO.O=P(O)(O)O.O=P(O)(O)O. The van der Waals surface area contributed by atoms with Crippen LogP contribution in [0.4, 0.5) is 0 Å². The van der Waals surface area contributed by atoms with Crippen LogP contribution >= 0.6 is 27.7 Å². The highest BCUT2D eigenvalue weighted by atomic mass is 32.2. The Morgan fingerprint density at radius 1 is 1.00 bits per heavy atom.